The average Bonchev–Trinajstić information content (AvgIpc) is 2.60. The van der Waals surface area contributed by atoms with Crippen molar-refractivity contribution in [2.75, 3.05) is 23.8 Å². The lowest BCUT2D eigenvalue weighted by atomic mass is 10.2. The molecule has 0 atom stereocenters. The molecule has 5 heteroatoms. The number of benzene rings is 1. The summed E-state index contributed by atoms with van der Waals surface area (Å²) in [5.41, 5.74) is 2.11. The summed E-state index contributed by atoms with van der Waals surface area (Å²) >= 11 is 0. The van der Waals surface area contributed by atoms with Gasteiger partial charge in [-0.1, -0.05) is 37.5 Å². The smallest absolute Gasteiger partial charge is 0.263 e. The van der Waals surface area contributed by atoms with Gasteiger partial charge in [0.05, 0.1) is 11.9 Å². The van der Waals surface area contributed by atoms with E-state index in [1.807, 2.05) is 37.3 Å². The van der Waals surface area contributed by atoms with Crippen molar-refractivity contribution >= 4 is 17.4 Å². The number of hydrogen-bond donors (Lipinski definition) is 2. The average molecular weight is 327 g/mol. The Morgan fingerprint density at radius 1 is 1.12 bits per heavy atom. The summed E-state index contributed by atoms with van der Waals surface area (Å²) in [6.07, 6.45) is 5.29. The van der Waals surface area contributed by atoms with Gasteiger partial charge in [-0.3, -0.25) is 4.79 Å². The van der Waals surface area contributed by atoms with Crippen molar-refractivity contribution in [2.45, 2.75) is 33.1 Å². The highest BCUT2D eigenvalue weighted by Crippen LogP contribution is 2.12. The summed E-state index contributed by atoms with van der Waals surface area (Å²) < 4.78 is 5.44. The minimum Gasteiger partial charge on any atom is -0.484 e. The summed E-state index contributed by atoms with van der Waals surface area (Å²) in [7, 11) is 0. The molecule has 2 rings (SSSR count). The van der Waals surface area contributed by atoms with Gasteiger partial charge >= 0.3 is 0 Å². The largest absolute Gasteiger partial charge is 0.484 e. The molecule has 0 fully saturated rings. The number of aryl methyl sites for hydroxylation is 1. The number of rotatable bonds is 9. The van der Waals surface area contributed by atoms with Gasteiger partial charge in [-0.15, -0.1) is 0 Å². The Hall–Kier alpha value is -2.56. The monoisotopic (exact) mass is 327 g/mol. The molecule has 0 aliphatic heterocycles. The maximum absolute atomic E-state index is 11.9. The van der Waals surface area contributed by atoms with E-state index < -0.39 is 0 Å². The zero-order valence-corrected chi connectivity index (χ0v) is 14.3. The molecule has 1 heterocycles. The summed E-state index contributed by atoms with van der Waals surface area (Å²) in [6, 6.07) is 11.3. The van der Waals surface area contributed by atoms with Crippen molar-refractivity contribution in [1.29, 1.82) is 0 Å². The summed E-state index contributed by atoms with van der Waals surface area (Å²) in [6.45, 7) is 5.08. The molecular weight excluding hydrogens is 302 g/mol. The van der Waals surface area contributed by atoms with E-state index in [-0.39, 0.29) is 12.5 Å². The van der Waals surface area contributed by atoms with Crippen molar-refractivity contribution in [1.82, 2.24) is 4.98 Å². The van der Waals surface area contributed by atoms with E-state index in [1.54, 1.807) is 12.3 Å². The SMILES string of the molecule is CCCCCNc1ccc(NC(=O)COc2ccc(C)cc2)nc1. The zero-order valence-electron chi connectivity index (χ0n) is 14.3. The number of carbonyl (C=O) groups is 1. The highest BCUT2D eigenvalue weighted by atomic mass is 16.5. The third kappa shape index (κ3) is 6.28. The second-order valence-corrected chi connectivity index (χ2v) is 5.72. The van der Waals surface area contributed by atoms with Gasteiger partial charge < -0.3 is 15.4 Å². The van der Waals surface area contributed by atoms with E-state index >= 15 is 0 Å². The lowest BCUT2D eigenvalue weighted by Crippen LogP contribution is -2.20. The van der Waals surface area contributed by atoms with Crippen molar-refractivity contribution in [3.8, 4) is 5.75 Å². The van der Waals surface area contributed by atoms with Crippen LogP contribution in [0.5, 0.6) is 5.75 Å². The first-order valence-electron chi connectivity index (χ1n) is 8.36. The van der Waals surface area contributed by atoms with Crippen LogP contribution in [0, 0.1) is 6.92 Å². The molecule has 2 N–H and O–H groups in total. The molecule has 0 spiro atoms. The Morgan fingerprint density at radius 3 is 2.58 bits per heavy atom. The molecule has 0 saturated carbocycles. The lowest BCUT2D eigenvalue weighted by Gasteiger charge is -2.09. The minimum atomic E-state index is -0.230. The van der Waals surface area contributed by atoms with E-state index in [4.69, 9.17) is 4.74 Å². The molecule has 0 aliphatic rings. The number of amides is 1. The molecule has 0 radical (unpaired) electrons. The molecule has 24 heavy (non-hydrogen) atoms. The molecule has 0 bridgehead atoms. The fraction of sp³-hybridized carbons (Fsp3) is 0.368. The predicted octanol–water partition coefficient (Wildman–Crippen LogP) is 4.01. The van der Waals surface area contributed by atoms with E-state index in [9.17, 15) is 4.79 Å². The van der Waals surface area contributed by atoms with Crippen molar-refractivity contribution in [2.24, 2.45) is 0 Å². The maximum Gasteiger partial charge on any atom is 0.263 e. The van der Waals surface area contributed by atoms with E-state index in [1.165, 1.54) is 12.8 Å². The second-order valence-electron chi connectivity index (χ2n) is 5.72. The third-order valence-electron chi connectivity index (χ3n) is 3.53. The topological polar surface area (TPSA) is 63.2 Å². The highest BCUT2D eigenvalue weighted by Gasteiger charge is 2.05. The number of nitrogens with one attached hydrogen (secondary N) is 2. The first-order valence-corrected chi connectivity index (χ1v) is 8.36. The van der Waals surface area contributed by atoms with Gasteiger partial charge in [0.2, 0.25) is 0 Å². The van der Waals surface area contributed by atoms with Crippen molar-refractivity contribution < 1.29 is 9.53 Å². The fourth-order valence-corrected chi connectivity index (χ4v) is 2.14. The van der Waals surface area contributed by atoms with Gasteiger partial charge in [0, 0.05) is 6.54 Å². The van der Waals surface area contributed by atoms with E-state index in [0.717, 1.165) is 24.2 Å². The lowest BCUT2D eigenvalue weighted by molar-refractivity contribution is -0.118. The van der Waals surface area contributed by atoms with Crippen LogP contribution in [0.25, 0.3) is 0 Å². The Balaban J connectivity index is 1.74. The van der Waals surface area contributed by atoms with Crippen LogP contribution in [-0.2, 0) is 4.79 Å². The number of unbranched alkanes of at least 4 members (excludes halogenated alkanes) is 2. The number of nitrogens with zero attached hydrogens (tertiary/aromatic N) is 1. The van der Waals surface area contributed by atoms with Gasteiger partial charge in [-0.25, -0.2) is 4.98 Å². The summed E-state index contributed by atoms with van der Waals surface area (Å²) in [5, 5.41) is 6.04. The Labute approximate surface area is 143 Å². The van der Waals surface area contributed by atoms with Crippen LogP contribution < -0.4 is 15.4 Å². The van der Waals surface area contributed by atoms with Gasteiger partial charge in [-0.2, -0.15) is 0 Å². The number of anilines is 2. The van der Waals surface area contributed by atoms with Gasteiger partial charge in [0.25, 0.3) is 5.91 Å². The number of ether oxygens (including phenoxy) is 1. The number of hydrogen-bond acceptors (Lipinski definition) is 4. The molecule has 5 nitrogen and oxygen atoms in total. The second kappa shape index (κ2) is 9.55. The molecule has 0 aliphatic carbocycles. The molecule has 1 aromatic carbocycles. The third-order valence-corrected chi connectivity index (χ3v) is 3.53. The van der Waals surface area contributed by atoms with Gasteiger partial charge in [0.15, 0.2) is 6.61 Å². The van der Waals surface area contributed by atoms with Crippen LogP contribution in [0.3, 0.4) is 0 Å². The van der Waals surface area contributed by atoms with Crippen molar-refractivity contribution in [3.05, 3.63) is 48.2 Å². The first kappa shape index (κ1) is 17.8. The predicted molar refractivity (Wildman–Crippen MR) is 97.6 cm³/mol. The van der Waals surface area contributed by atoms with E-state index in [0.29, 0.717) is 11.6 Å². The Kier molecular flexibility index (Phi) is 7.08. The fourth-order valence-electron chi connectivity index (χ4n) is 2.14. The zero-order chi connectivity index (χ0) is 17.2. The van der Waals surface area contributed by atoms with Crippen LogP contribution in [0.2, 0.25) is 0 Å². The first-order chi connectivity index (χ1) is 11.7. The Bertz CT molecular complexity index is 624. The molecule has 128 valence electrons. The molecular formula is C19H25N3O2. The quantitative estimate of drug-likeness (QED) is 0.683. The standard InChI is InChI=1S/C19H25N3O2/c1-3-4-5-12-20-16-8-11-18(21-13-16)22-19(23)14-24-17-9-6-15(2)7-10-17/h6-11,13,20H,3-5,12,14H2,1-2H3,(H,21,22,23). The maximum atomic E-state index is 11.9. The van der Waals surface area contributed by atoms with Crippen LogP contribution >= 0.6 is 0 Å². The molecule has 2 aromatic rings. The molecule has 0 saturated heterocycles. The molecule has 1 aromatic heterocycles. The molecule has 1 amide bonds. The molecule has 0 unspecified atom stereocenters. The number of aromatic nitrogens is 1. The normalized spacial score (nSPS) is 10.2. The van der Waals surface area contributed by atoms with Crippen LogP contribution in [0.4, 0.5) is 11.5 Å². The van der Waals surface area contributed by atoms with Gasteiger partial charge in [0.1, 0.15) is 11.6 Å². The van der Waals surface area contributed by atoms with Crippen molar-refractivity contribution in [3.63, 3.8) is 0 Å². The Morgan fingerprint density at radius 2 is 1.92 bits per heavy atom. The highest BCUT2D eigenvalue weighted by molar-refractivity contribution is 5.91. The van der Waals surface area contributed by atoms with Crippen LogP contribution in [0.1, 0.15) is 31.7 Å². The number of pyridine rings is 1. The van der Waals surface area contributed by atoms with Crippen LogP contribution in [-0.4, -0.2) is 24.0 Å². The minimum absolute atomic E-state index is 0.0399. The van der Waals surface area contributed by atoms with Crippen LogP contribution in [0.15, 0.2) is 42.6 Å². The summed E-state index contributed by atoms with van der Waals surface area (Å²) in [4.78, 5) is 16.1. The number of carbonyl (C=O) groups excluding carboxylic acids is 1. The summed E-state index contributed by atoms with van der Waals surface area (Å²) in [5.74, 6) is 0.966. The van der Waals surface area contributed by atoms with Gasteiger partial charge in [-0.05, 0) is 37.6 Å². The van der Waals surface area contributed by atoms with E-state index in [2.05, 4.69) is 22.5 Å².